The van der Waals surface area contributed by atoms with Gasteiger partial charge < -0.3 is 10.6 Å². The molecule has 1 aliphatic carbocycles. The fraction of sp³-hybridized carbons (Fsp3) is 0.179. The van der Waals surface area contributed by atoms with Crippen LogP contribution in [-0.2, 0) is 9.59 Å². The lowest BCUT2D eigenvalue weighted by atomic mass is 9.72. The highest BCUT2D eigenvalue weighted by molar-refractivity contribution is 6.10. The Kier molecular flexibility index (Phi) is 5.80. The Labute approximate surface area is 197 Å². The molecule has 1 aliphatic heterocycles. The zero-order valence-corrected chi connectivity index (χ0v) is 18.7. The SMILES string of the molecule is CC1=C(C(=O)Nc2ccccc2F)[C@H](c2cccnc2)C2=C(C[C@@H](c3ccccc3)CC2=O)N1. The number of halogens is 1. The van der Waals surface area contributed by atoms with Crippen molar-refractivity contribution >= 4 is 17.4 Å². The largest absolute Gasteiger partial charge is 0.362 e. The number of Topliss-reactive ketones (excluding diaryl/α,β-unsaturated/α-hetero) is 1. The number of allylic oxidation sites excluding steroid dienone is 3. The number of nitrogens with zero attached hydrogens (tertiary/aromatic N) is 1. The van der Waals surface area contributed by atoms with E-state index in [1.54, 1.807) is 30.6 Å². The van der Waals surface area contributed by atoms with E-state index < -0.39 is 17.6 Å². The molecule has 2 heterocycles. The molecule has 0 bridgehead atoms. The molecule has 2 N–H and O–H groups in total. The zero-order chi connectivity index (χ0) is 23.7. The predicted octanol–water partition coefficient (Wildman–Crippen LogP) is 5.22. The number of dihydropyridines is 1. The monoisotopic (exact) mass is 453 g/mol. The second kappa shape index (κ2) is 9.06. The number of pyridine rings is 1. The second-order valence-electron chi connectivity index (χ2n) is 8.65. The number of rotatable bonds is 4. The molecule has 3 aromatic rings. The lowest BCUT2D eigenvalue weighted by Crippen LogP contribution is -2.37. The number of benzene rings is 2. The molecule has 6 heteroatoms. The minimum Gasteiger partial charge on any atom is -0.362 e. The van der Waals surface area contributed by atoms with Crippen molar-refractivity contribution in [2.45, 2.75) is 31.6 Å². The Morgan fingerprint density at radius 2 is 1.74 bits per heavy atom. The van der Waals surface area contributed by atoms with Crippen LogP contribution >= 0.6 is 0 Å². The van der Waals surface area contributed by atoms with Gasteiger partial charge in [-0.2, -0.15) is 0 Å². The molecule has 5 rings (SSSR count). The van der Waals surface area contributed by atoms with Crippen LogP contribution < -0.4 is 10.6 Å². The van der Waals surface area contributed by atoms with Crippen LogP contribution in [0.25, 0.3) is 0 Å². The third kappa shape index (κ3) is 4.03. The van der Waals surface area contributed by atoms with Gasteiger partial charge in [0.15, 0.2) is 5.78 Å². The average molecular weight is 454 g/mol. The number of anilines is 1. The van der Waals surface area contributed by atoms with Gasteiger partial charge in [-0.25, -0.2) is 4.39 Å². The van der Waals surface area contributed by atoms with Crippen LogP contribution in [0.2, 0.25) is 0 Å². The topological polar surface area (TPSA) is 71.1 Å². The van der Waals surface area contributed by atoms with E-state index in [0.717, 1.165) is 16.8 Å². The summed E-state index contributed by atoms with van der Waals surface area (Å²) >= 11 is 0. The quantitative estimate of drug-likeness (QED) is 0.568. The number of hydrogen-bond donors (Lipinski definition) is 2. The first kappa shape index (κ1) is 21.8. The van der Waals surface area contributed by atoms with E-state index in [0.29, 0.717) is 29.7 Å². The molecule has 0 radical (unpaired) electrons. The van der Waals surface area contributed by atoms with Crippen LogP contribution in [0, 0.1) is 5.82 Å². The molecule has 170 valence electrons. The van der Waals surface area contributed by atoms with Gasteiger partial charge in [-0.3, -0.25) is 14.6 Å². The molecule has 1 amide bonds. The molecule has 0 unspecified atom stereocenters. The molecule has 2 atom stereocenters. The first-order valence-corrected chi connectivity index (χ1v) is 11.3. The van der Waals surface area contributed by atoms with E-state index in [1.807, 2.05) is 43.3 Å². The van der Waals surface area contributed by atoms with Crippen LogP contribution in [-0.4, -0.2) is 16.7 Å². The number of hydrogen-bond acceptors (Lipinski definition) is 4. The van der Waals surface area contributed by atoms with Gasteiger partial charge in [0, 0.05) is 47.3 Å². The van der Waals surface area contributed by atoms with Gasteiger partial charge in [-0.15, -0.1) is 0 Å². The molecular formula is C28H24FN3O2. The summed E-state index contributed by atoms with van der Waals surface area (Å²) < 4.78 is 14.2. The van der Waals surface area contributed by atoms with Crippen molar-refractivity contribution in [3.8, 4) is 0 Å². The predicted molar refractivity (Wildman–Crippen MR) is 128 cm³/mol. The highest BCUT2D eigenvalue weighted by Gasteiger charge is 2.41. The summed E-state index contributed by atoms with van der Waals surface area (Å²) in [4.78, 5) is 31.2. The summed E-state index contributed by atoms with van der Waals surface area (Å²) in [6, 6.07) is 19.7. The molecule has 2 aromatic carbocycles. The first-order valence-electron chi connectivity index (χ1n) is 11.3. The number of aromatic nitrogens is 1. The maximum atomic E-state index is 14.2. The summed E-state index contributed by atoms with van der Waals surface area (Å²) in [6.45, 7) is 1.82. The van der Waals surface area contributed by atoms with Crippen molar-refractivity contribution in [2.75, 3.05) is 5.32 Å². The van der Waals surface area contributed by atoms with Crippen molar-refractivity contribution in [3.05, 3.63) is 119 Å². The summed E-state index contributed by atoms with van der Waals surface area (Å²) in [6.07, 6.45) is 4.37. The molecule has 34 heavy (non-hydrogen) atoms. The number of nitrogens with one attached hydrogen (secondary N) is 2. The van der Waals surface area contributed by atoms with Gasteiger partial charge in [0.05, 0.1) is 5.69 Å². The lowest BCUT2D eigenvalue weighted by molar-refractivity contribution is -0.116. The zero-order valence-electron chi connectivity index (χ0n) is 18.7. The highest BCUT2D eigenvalue weighted by Crippen LogP contribution is 2.45. The van der Waals surface area contributed by atoms with Crippen LogP contribution in [0.5, 0.6) is 0 Å². The second-order valence-corrected chi connectivity index (χ2v) is 8.65. The summed E-state index contributed by atoms with van der Waals surface area (Å²) in [5.74, 6) is -1.49. The molecular weight excluding hydrogens is 429 g/mol. The molecule has 1 aromatic heterocycles. The summed E-state index contributed by atoms with van der Waals surface area (Å²) in [7, 11) is 0. The third-order valence-electron chi connectivity index (χ3n) is 6.48. The number of carbonyl (C=O) groups is 2. The van der Waals surface area contributed by atoms with Crippen molar-refractivity contribution < 1.29 is 14.0 Å². The first-order chi connectivity index (χ1) is 16.5. The lowest BCUT2D eigenvalue weighted by Gasteiger charge is -2.37. The Bertz CT molecular complexity index is 1320. The fourth-order valence-electron chi connectivity index (χ4n) is 4.93. The number of para-hydroxylation sites is 1. The van der Waals surface area contributed by atoms with E-state index in [1.165, 1.54) is 12.1 Å². The highest BCUT2D eigenvalue weighted by atomic mass is 19.1. The van der Waals surface area contributed by atoms with Gasteiger partial charge in [0.1, 0.15) is 5.82 Å². The Morgan fingerprint density at radius 3 is 2.47 bits per heavy atom. The van der Waals surface area contributed by atoms with Crippen LogP contribution in [0.4, 0.5) is 10.1 Å². The van der Waals surface area contributed by atoms with Gasteiger partial charge in [0.25, 0.3) is 5.91 Å². The fourth-order valence-corrected chi connectivity index (χ4v) is 4.93. The van der Waals surface area contributed by atoms with Gasteiger partial charge in [-0.05, 0) is 48.6 Å². The van der Waals surface area contributed by atoms with E-state index in [-0.39, 0.29) is 17.4 Å². The van der Waals surface area contributed by atoms with E-state index in [9.17, 15) is 14.0 Å². The van der Waals surface area contributed by atoms with Crippen molar-refractivity contribution in [2.24, 2.45) is 0 Å². The van der Waals surface area contributed by atoms with Crippen molar-refractivity contribution in [3.63, 3.8) is 0 Å². The minimum absolute atomic E-state index is 0.000137. The molecule has 2 aliphatic rings. The minimum atomic E-state index is -0.582. The number of carbonyl (C=O) groups excluding carboxylic acids is 2. The van der Waals surface area contributed by atoms with Crippen LogP contribution in [0.3, 0.4) is 0 Å². The average Bonchev–Trinajstić information content (AvgIpc) is 2.85. The summed E-state index contributed by atoms with van der Waals surface area (Å²) in [5, 5.41) is 6.03. The maximum absolute atomic E-state index is 14.2. The van der Waals surface area contributed by atoms with Crippen molar-refractivity contribution in [1.82, 2.24) is 10.3 Å². The third-order valence-corrected chi connectivity index (χ3v) is 6.48. The smallest absolute Gasteiger partial charge is 0.254 e. The maximum Gasteiger partial charge on any atom is 0.254 e. The van der Waals surface area contributed by atoms with Crippen LogP contribution in [0.15, 0.2) is 102 Å². The normalized spacial score (nSPS) is 20.0. The molecule has 5 nitrogen and oxygen atoms in total. The standard InChI is InChI=1S/C28H24FN3O2/c1-17-25(28(34)32-22-12-6-5-11-21(22)29)26(19-10-7-13-30-16-19)27-23(31-17)14-20(15-24(27)33)18-8-3-2-4-9-18/h2-13,16,20,26,31H,14-15H2,1H3,(H,32,34)/t20-,26+/m1/s1. The van der Waals surface area contributed by atoms with Gasteiger partial charge in [-0.1, -0.05) is 48.5 Å². The molecule has 0 spiro atoms. The summed E-state index contributed by atoms with van der Waals surface area (Å²) in [5.41, 5.74) is 4.41. The Balaban J connectivity index is 1.56. The number of amides is 1. The van der Waals surface area contributed by atoms with E-state index in [4.69, 9.17) is 0 Å². The van der Waals surface area contributed by atoms with Gasteiger partial charge >= 0.3 is 0 Å². The van der Waals surface area contributed by atoms with E-state index >= 15 is 0 Å². The Hall–Kier alpha value is -4.06. The number of ketones is 1. The molecule has 0 saturated carbocycles. The van der Waals surface area contributed by atoms with Gasteiger partial charge in [0.2, 0.25) is 0 Å². The van der Waals surface area contributed by atoms with E-state index in [2.05, 4.69) is 15.6 Å². The Morgan fingerprint density at radius 1 is 1.00 bits per heavy atom. The van der Waals surface area contributed by atoms with Crippen molar-refractivity contribution in [1.29, 1.82) is 0 Å². The molecule has 0 fully saturated rings. The van der Waals surface area contributed by atoms with Crippen LogP contribution in [0.1, 0.15) is 42.7 Å². The molecule has 0 saturated heterocycles.